The molecule has 0 saturated heterocycles. The minimum Gasteiger partial charge on any atom is -0.310 e. The highest BCUT2D eigenvalue weighted by atomic mass is 15.1. The Morgan fingerprint density at radius 2 is 0.630 bits per heavy atom. The predicted molar refractivity (Wildman–Crippen MR) is 198 cm³/mol. The van der Waals surface area contributed by atoms with Crippen molar-refractivity contribution in [3.05, 3.63) is 181 Å². The van der Waals surface area contributed by atoms with Crippen molar-refractivity contribution in [2.75, 3.05) is 9.80 Å². The van der Waals surface area contributed by atoms with Gasteiger partial charge in [0, 0.05) is 33.5 Å². The van der Waals surface area contributed by atoms with E-state index in [1.807, 2.05) is 0 Å². The molecule has 46 heavy (non-hydrogen) atoms. The molecule has 0 spiro atoms. The summed E-state index contributed by atoms with van der Waals surface area (Å²) in [6.45, 7) is 4.32. The zero-order valence-corrected chi connectivity index (χ0v) is 26.1. The maximum Gasteiger partial charge on any atom is 0.0546 e. The number of fused-ring (bicyclic) bond motifs is 5. The molecule has 0 atom stereocenters. The zero-order chi connectivity index (χ0) is 31.0. The standard InChI is InChI=1S/C44H34N2/c1-31-15-13-21-35(27-31)45(33-17-5-3-6-18-33)43-29-41-38-24-10-12-26-40(38)44(30-42(41)37-23-9-11-25-39(37)43)46(34-19-7-4-8-20-34)36-22-14-16-32(2)28-36/h3-30H,1-2H3. The second-order valence-corrected chi connectivity index (χ2v) is 12.0. The first-order valence-electron chi connectivity index (χ1n) is 15.9. The lowest BCUT2D eigenvalue weighted by Crippen LogP contribution is -2.12. The van der Waals surface area contributed by atoms with Gasteiger partial charge in [-0.25, -0.2) is 0 Å². The van der Waals surface area contributed by atoms with E-state index >= 15 is 0 Å². The van der Waals surface area contributed by atoms with E-state index in [-0.39, 0.29) is 0 Å². The SMILES string of the molecule is Cc1cccc(N(c2ccccc2)c2cc3c4ccccc4c(N(c4ccccc4)c4cccc(C)c4)cc3c3ccccc23)c1. The summed E-state index contributed by atoms with van der Waals surface area (Å²) in [5, 5.41) is 7.35. The fraction of sp³-hybridized carbons (Fsp3) is 0.0455. The topological polar surface area (TPSA) is 6.48 Å². The van der Waals surface area contributed by atoms with Crippen molar-refractivity contribution in [1.82, 2.24) is 0 Å². The molecular weight excluding hydrogens is 556 g/mol. The van der Waals surface area contributed by atoms with E-state index in [0.717, 1.165) is 34.1 Å². The summed E-state index contributed by atoms with van der Waals surface area (Å²) in [5.74, 6) is 0. The molecule has 0 amide bonds. The lowest BCUT2D eigenvalue weighted by atomic mass is 9.93. The van der Waals surface area contributed by atoms with Crippen LogP contribution < -0.4 is 9.80 Å². The summed E-state index contributed by atoms with van der Waals surface area (Å²) in [6, 6.07) is 61.5. The molecule has 0 aliphatic heterocycles. The Kier molecular flexibility index (Phi) is 6.96. The van der Waals surface area contributed by atoms with Crippen molar-refractivity contribution in [3.8, 4) is 0 Å². The Hall–Kier alpha value is -5.86. The van der Waals surface area contributed by atoms with Gasteiger partial charge >= 0.3 is 0 Å². The molecule has 0 bridgehead atoms. The van der Waals surface area contributed by atoms with Crippen LogP contribution in [0.15, 0.2) is 170 Å². The number of benzene rings is 8. The third-order valence-electron chi connectivity index (χ3n) is 8.87. The van der Waals surface area contributed by atoms with Gasteiger partial charge in [0.2, 0.25) is 0 Å². The van der Waals surface area contributed by atoms with Gasteiger partial charge in [-0.3, -0.25) is 0 Å². The maximum atomic E-state index is 2.40. The molecular formula is C44H34N2. The largest absolute Gasteiger partial charge is 0.310 e. The minimum atomic E-state index is 1.13. The Labute approximate surface area is 270 Å². The van der Waals surface area contributed by atoms with Crippen LogP contribution in [0.5, 0.6) is 0 Å². The van der Waals surface area contributed by atoms with Gasteiger partial charge in [0.15, 0.2) is 0 Å². The van der Waals surface area contributed by atoms with Crippen molar-refractivity contribution >= 4 is 66.4 Å². The molecule has 0 unspecified atom stereocenters. The van der Waals surface area contributed by atoms with E-state index in [9.17, 15) is 0 Å². The molecule has 0 saturated carbocycles. The van der Waals surface area contributed by atoms with Gasteiger partial charge in [-0.2, -0.15) is 0 Å². The number of para-hydroxylation sites is 2. The predicted octanol–water partition coefficient (Wildman–Crippen LogP) is 12.7. The second kappa shape index (κ2) is 11.6. The molecule has 2 nitrogen and oxygen atoms in total. The number of anilines is 6. The van der Waals surface area contributed by atoms with Gasteiger partial charge in [0.25, 0.3) is 0 Å². The molecule has 0 heterocycles. The molecule has 0 aliphatic carbocycles. The number of hydrogen-bond donors (Lipinski definition) is 0. The molecule has 0 aliphatic rings. The van der Waals surface area contributed by atoms with Gasteiger partial charge in [0.05, 0.1) is 11.4 Å². The summed E-state index contributed by atoms with van der Waals surface area (Å²) in [4.78, 5) is 4.81. The summed E-state index contributed by atoms with van der Waals surface area (Å²) < 4.78 is 0. The molecule has 220 valence electrons. The highest BCUT2D eigenvalue weighted by Gasteiger charge is 2.21. The summed E-state index contributed by atoms with van der Waals surface area (Å²) in [7, 11) is 0. The maximum absolute atomic E-state index is 2.40. The molecule has 0 aromatic heterocycles. The average molecular weight is 591 g/mol. The van der Waals surface area contributed by atoms with Crippen molar-refractivity contribution in [2.24, 2.45) is 0 Å². The quantitative estimate of drug-likeness (QED) is 0.178. The van der Waals surface area contributed by atoms with Gasteiger partial charge < -0.3 is 9.80 Å². The number of rotatable bonds is 6. The van der Waals surface area contributed by atoms with Crippen molar-refractivity contribution in [3.63, 3.8) is 0 Å². The Morgan fingerprint density at radius 3 is 1.02 bits per heavy atom. The molecule has 8 aromatic carbocycles. The van der Waals surface area contributed by atoms with E-state index in [4.69, 9.17) is 0 Å². The first-order chi connectivity index (χ1) is 22.7. The van der Waals surface area contributed by atoms with Gasteiger partial charge in [-0.15, -0.1) is 0 Å². The summed E-state index contributed by atoms with van der Waals surface area (Å²) >= 11 is 0. The van der Waals surface area contributed by atoms with Gasteiger partial charge in [-0.05, 0) is 107 Å². The van der Waals surface area contributed by atoms with Crippen LogP contribution in [0, 0.1) is 13.8 Å². The van der Waals surface area contributed by atoms with E-state index in [1.165, 1.54) is 43.4 Å². The molecule has 0 radical (unpaired) electrons. The molecule has 0 N–H and O–H groups in total. The van der Waals surface area contributed by atoms with Gasteiger partial charge in [0.1, 0.15) is 0 Å². The van der Waals surface area contributed by atoms with E-state index in [1.54, 1.807) is 0 Å². The van der Waals surface area contributed by atoms with E-state index in [0.29, 0.717) is 0 Å². The van der Waals surface area contributed by atoms with Crippen LogP contribution in [0.2, 0.25) is 0 Å². The highest BCUT2D eigenvalue weighted by Crippen LogP contribution is 2.47. The Morgan fingerprint density at radius 1 is 0.283 bits per heavy atom. The zero-order valence-electron chi connectivity index (χ0n) is 26.1. The van der Waals surface area contributed by atoms with Crippen LogP contribution >= 0.6 is 0 Å². The lowest BCUT2D eigenvalue weighted by Gasteiger charge is -2.30. The third-order valence-corrected chi connectivity index (χ3v) is 8.87. The molecule has 8 aromatic rings. The molecule has 2 heteroatoms. The van der Waals surface area contributed by atoms with Crippen LogP contribution in [0.25, 0.3) is 32.3 Å². The van der Waals surface area contributed by atoms with Crippen LogP contribution in [0.3, 0.4) is 0 Å². The molecule has 8 rings (SSSR count). The summed E-state index contributed by atoms with van der Waals surface area (Å²) in [6.07, 6.45) is 0. The fourth-order valence-corrected chi connectivity index (χ4v) is 6.83. The second-order valence-electron chi connectivity index (χ2n) is 12.0. The minimum absolute atomic E-state index is 1.13. The van der Waals surface area contributed by atoms with Crippen LogP contribution in [0.4, 0.5) is 34.1 Å². The van der Waals surface area contributed by atoms with E-state index in [2.05, 4.69) is 194 Å². The highest BCUT2D eigenvalue weighted by molar-refractivity contribution is 6.24. The smallest absolute Gasteiger partial charge is 0.0546 e. The van der Waals surface area contributed by atoms with Crippen molar-refractivity contribution in [2.45, 2.75) is 13.8 Å². The van der Waals surface area contributed by atoms with E-state index < -0.39 is 0 Å². The van der Waals surface area contributed by atoms with Crippen molar-refractivity contribution < 1.29 is 0 Å². The van der Waals surface area contributed by atoms with Crippen LogP contribution in [-0.2, 0) is 0 Å². The van der Waals surface area contributed by atoms with Crippen LogP contribution in [-0.4, -0.2) is 0 Å². The number of aryl methyl sites for hydroxylation is 2. The summed E-state index contributed by atoms with van der Waals surface area (Å²) in [5.41, 5.74) is 9.35. The third kappa shape index (κ3) is 4.85. The number of nitrogens with zero attached hydrogens (tertiary/aromatic N) is 2. The van der Waals surface area contributed by atoms with Crippen molar-refractivity contribution in [1.29, 1.82) is 0 Å². The average Bonchev–Trinajstić information content (AvgIpc) is 3.10. The molecule has 0 fully saturated rings. The lowest BCUT2D eigenvalue weighted by molar-refractivity contribution is 1.28. The van der Waals surface area contributed by atoms with Crippen LogP contribution in [0.1, 0.15) is 11.1 Å². The number of hydrogen-bond acceptors (Lipinski definition) is 2. The Bertz CT molecular complexity index is 2170. The first-order valence-corrected chi connectivity index (χ1v) is 15.9. The Balaban J connectivity index is 1.48. The normalized spacial score (nSPS) is 11.3. The monoisotopic (exact) mass is 590 g/mol. The first kappa shape index (κ1) is 27.7. The van der Waals surface area contributed by atoms with Gasteiger partial charge in [-0.1, -0.05) is 109 Å². The fourth-order valence-electron chi connectivity index (χ4n) is 6.83.